The predicted octanol–water partition coefficient (Wildman–Crippen LogP) is 2.46. The van der Waals surface area contributed by atoms with Crippen LogP contribution in [0, 0.1) is 3.57 Å². The van der Waals surface area contributed by atoms with Crippen molar-refractivity contribution in [1.29, 1.82) is 0 Å². The molecule has 0 saturated heterocycles. The van der Waals surface area contributed by atoms with Crippen LogP contribution in [0.4, 0.5) is 0 Å². The van der Waals surface area contributed by atoms with E-state index in [1.807, 2.05) is 59.4 Å². The Morgan fingerprint density at radius 2 is 1.69 bits per heavy atom. The Morgan fingerprint density at radius 3 is 2.31 bits per heavy atom. The molecule has 1 aromatic carbocycles. The fourth-order valence-electron chi connectivity index (χ4n) is 1.43. The number of pyridine rings is 1. The van der Waals surface area contributed by atoms with Crippen LogP contribution in [0.25, 0.3) is 0 Å². The summed E-state index contributed by atoms with van der Waals surface area (Å²) < 4.78 is 3.02. The molecule has 2 aromatic rings. The van der Waals surface area contributed by atoms with E-state index in [4.69, 9.17) is 0 Å². The number of hydrogen-bond acceptors (Lipinski definition) is 1. The van der Waals surface area contributed by atoms with Gasteiger partial charge in [-0.25, -0.2) is 0 Å². The lowest BCUT2D eigenvalue weighted by Crippen LogP contribution is -2.36. The van der Waals surface area contributed by atoms with Gasteiger partial charge in [-0.3, -0.25) is 4.79 Å². The minimum absolute atomic E-state index is 0.132. The number of Topliss-reactive ketones (excluding diaryl/α,β-unsaturated/α-hetero) is 1. The van der Waals surface area contributed by atoms with Gasteiger partial charge in [-0.2, -0.15) is 4.57 Å². The van der Waals surface area contributed by atoms with E-state index >= 15 is 0 Å². The van der Waals surface area contributed by atoms with E-state index in [1.54, 1.807) is 0 Å². The predicted molar refractivity (Wildman–Crippen MR) is 70.1 cm³/mol. The molecule has 0 atom stereocenters. The number of carbonyl (C=O) groups excluding carboxylic acids is 1. The molecule has 0 fully saturated rings. The molecule has 0 N–H and O–H groups in total. The highest BCUT2D eigenvalue weighted by molar-refractivity contribution is 14.1. The van der Waals surface area contributed by atoms with Crippen molar-refractivity contribution in [3.8, 4) is 0 Å². The molecule has 16 heavy (non-hydrogen) atoms. The van der Waals surface area contributed by atoms with Crippen LogP contribution in [0.3, 0.4) is 0 Å². The lowest BCUT2D eigenvalue weighted by atomic mass is 10.1. The van der Waals surface area contributed by atoms with Crippen LogP contribution in [-0.4, -0.2) is 5.78 Å². The maximum Gasteiger partial charge on any atom is 0.227 e. The first-order valence-electron chi connectivity index (χ1n) is 4.98. The first kappa shape index (κ1) is 11.3. The summed E-state index contributed by atoms with van der Waals surface area (Å²) >= 11 is 2.23. The summed E-state index contributed by atoms with van der Waals surface area (Å²) in [6, 6.07) is 13.4. The molecule has 80 valence electrons. The van der Waals surface area contributed by atoms with Crippen molar-refractivity contribution in [2.24, 2.45) is 0 Å². The van der Waals surface area contributed by atoms with E-state index in [0.717, 1.165) is 9.13 Å². The number of halogens is 1. The summed E-state index contributed by atoms with van der Waals surface area (Å²) in [5.74, 6) is 0.132. The van der Waals surface area contributed by atoms with E-state index in [1.165, 1.54) is 0 Å². The van der Waals surface area contributed by atoms with Gasteiger partial charge in [0, 0.05) is 21.3 Å². The molecular weight excluding hydrogens is 313 g/mol. The largest absolute Gasteiger partial charge is 0.287 e. The minimum Gasteiger partial charge on any atom is -0.287 e. The van der Waals surface area contributed by atoms with Crippen LogP contribution in [0.15, 0.2) is 54.9 Å². The lowest BCUT2D eigenvalue weighted by Gasteiger charge is -1.98. The Labute approximate surface area is 108 Å². The number of hydrogen-bond donors (Lipinski definition) is 0. The van der Waals surface area contributed by atoms with E-state index in [9.17, 15) is 4.79 Å². The van der Waals surface area contributed by atoms with Crippen molar-refractivity contribution in [1.82, 2.24) is 0 Å². The van der Waals surface area contributed by atoms with Gasteiger partial charge < -0.3 is 0 Å². The van der Waals surface area contributed by atoms with Crippen molar-refractivity contribution in [2.75, 3.05) is 0 Å². The second-order valence-corrected chi connectivity index (χ2v) is 4.72. The van der Waals surface area contributed by atoms with Crippen LogP contribution in [0.2, 0.25) is 0 Å². The molecule has 0 bridgehead atoms. The summed E-state index contributed by atoms with van der Waals surface area (Å²) in [4.78, 5) is 11.9. The van der Waals surface area contributed by atoms with Gasteiger partial charge in [0.1, 0.15) is 0 Å². The number of rotatable bonds is 3. The van der Waals surface area contributed by atoms with Crippen molar-refractivity contribution in [2.45, 2.75) is 6.54 Å². The zero-order valence-corrected chi connectivity index (χ0v) is 10.8. The molecule has 3 heteroatoms. The highest BCUT2D eigenvalue weighted by Gasteiger charge is 2.10. The molecule has 0 aliphatic rings. The first-order chi connectivity index (χ1) is 7.75. The van der Waals surface area contributed by atoms with Crippen molar-refractivity contribution in [3.05, 3.63) is 64.0 Å². The molecule has 0 aliphatic carbocycles. The molecule has 0 amide bonds. The van der Waals surface area contributed by atoms with Crippen LogP contribution >= 0.6 is 22.6 Å². The third-order valence-electron chi connectivity index (χ3n) is 2.27. The molecule has 0 aliphatic heterocycles. The molecule has 0 saturated carbocycles. The van der Waals surface area contributed by atoms with Crippen molar-refractivity contribution < 1.29 is 9.36 Å². The third-order valence-corrected chi connectivity index (χ3v) is 2.99. The quantitative estimate of drug-likeness (QED) is 0.483. The van der Waals surface area contributed by atoms with Gasteiger partial charge in [-0.05, 0) is 34.7 Å². The number of aromatic nitrogens is 1. The fraction of sp³-hybridized carbons (Fsp3) is 0.0769. The maximum absolute atomic E-state index is 11.9. The molecule has 2 rings (SSSR count). The van der Waals surface area contributed by atoms with Gasteiger partial charge in [-0.1, -0.05) is 18.2 Å². The van der Waals surface area contributed by atoms with Crippen LogP contribution in [-0.2, 0) is 6.54 Å². The molecule has 1 heterocycles. The van der Waals surface area contributed by atoms with Crippen molar-refractivity contribution >= 4 is 28.4 Å². The summed E-state index contributed by atoms with van der Waals surface area (Å²) in [6.45, 7) is 0.390. The van der Waals surface area contributed by atoms with Gasteiger partial charge in [0.25, 0.3) is 0 Å². The SMILES string of the molecule is O=C(C[n+]1ccccc1)c1ccc(I)cc1. The number of carbonyl (C=O) groups is 1. The first-order valence-corrected chi connectivity index (χ1v) is 6.06. The highest BCUT2D eigenvalue weighted by atomic mass is 127. The second kappa shape index (κ2) is 5.21. The minimum atomic E-state index is 0.132. The molecule has 0 radical (unpaired) electrons. The lowest BCUT2D eigenvalue weighted by molar-refractivity contribution is -0.683. The average Bonchev–Trinajstić information content (AvgIpc) is 2.31. The summed E-state index contributed by atoms with van der Waals surface area (Å²) in [7, 11) is 0. The monoisotopic (exact) mass is 324 g/mol. The third kappa shape index (κ3) is 2.88. The van der Waals surface area contributed by atoms with Gasteiger partial charge >= 0.3 is 0 Å². The maximum atomic E-state index is 11.9. The fourth-order valence-corrected chi connectivity index (χ4v) is 1.79. The highest BCUT2D eigenvalue weighted by Crippen LogP contribution is 2.07. The summed E-state index contributed by atoms with van der Waals surface area (Å²) in [5.41, 5.74) is 0.761. The average molecular weight is 324 g/mol. The Bertz CT molecular complexity index is 479. The topological polar surface area (TPSA) is 20.9 Å². The van der Waals surface area contributed by atoms with E-state index in [-0.39, 0.29) is 5.78 Å². The number of nitrogens with zero attached hydrogens (tertiary/aromatic N) is 1. The zero-order chi connectivity index (χ0) is 11.4. The Kier molecular flexibility index (Phi) is 3.66. The molecule has 0 spiro atoms. The standard InChI is InChI=1S/C13H11INO/c14-12-6-4-11(5-7-12)13(16)10-15-8-2-1-3-9-15/h1-9H,10H2/q+1. The van der Waals surface area contributed by atoms with Gasteiger partial charge in [0.2, 0.25) is 12.3 Å². The summed E-state index contributed by atoms with van der Waals surface area (Å²) in [5, 5.41) is 0. The van der Waals surface area contributed by atoms with Gasteiger partial charge in [0.05, 0.1) is 0 Å². The summed E-state index contributed by atoms with van der Waals surface area (Å²) in [6.07, 6.45) is 3.79. The number of benzene rings is 1. The van der Waals surface area contributed by atoms with Crippen LogP contribution in [0.1, 0.15) is 10.4 Å². The van der Waals surface area contributed by atoms with E-state index in [2.05, 4.69) is 22.6 Å². The van der Waals surface area contributed by atoms with Gasteiger partial charge in [-0.15, -0.1) is 0 Å². The number of ketones is 1. The molecule has 1 aromatic heterocycles. The van der Waals surface area contributed by atoms with E-state index < -0.39 is 0 Å². The Balaban J connectivity index is 2.12. The second-order valence-electron chi connectivity index (χ2n) is 3.48. The van der Waals surface area contributed by atoms with Crippen LogP contribution < -0.4 is 4.57 Å². The Hall–Kier alpha value is -1.23. The van der Waals surface area contributed by atoms with Crippen LogP contribution in [0.5, 0.6) is 0 Å². The van der Waals surface area contributed by atoms with E-state index in [0.29, 0.717) is 6.54 Å². The normalized spacial score (nSPS) is 10.1. The van der Waals surface area contributed by atoms with Gasteiger partial charge in [0.15, 0.2) is 12.4 Å². The molecular formula is C13H11INO+. The zero-order valence-electron chi connectivity index (χ0n) is 8.64. The molecule has 2 nitrogen and oxygen atoms in total. The molecule has 0 unspecified atom stereocenters. The Morgan fingerprint density at radius 1 is 1.06 bits per heavy atom. The smallest absolute Gasteiger partial charge is 0.227 e. The van der Waals surface area contributed by atoms with Crippen molar-refractivity contribution in [3.63, 3.8) is 0 Å².